The van der Waals surface area contributed by atoms with Gasteiger partial charge < -0.3 is 5.32 Å². The third-order valence-corrected chi connectivity index (χ3v) is 4.24. The molecule has 1 fully saturated rings. The number of aryl methyl sites for hydroxylation is 1. The number of nitrogens with one attached hydrogen (secondary N) is 2. The number of hydrogen-bond donors (Lipinski definition) is 2. The summed E-state index contributed by atoms with van der Waals surface area (Å²) in [6.07, 6.45) is 10.7. The Morgan fingerprint density at radius 3 is 2.74 bits per heavy atom. The molecule has 3 heteroatoms. The molecular formula is C16H23N3. The van der Waals surface area contributed by atoms with Crippen LogP contribution in [0.2, 0.25) is 0 Å². The number of hydrogen-bond acceptors (Lipinski definition) is 2. The monoisotopic (exact) mass is 257 g/mol. The molecule has 1 aromatic rings. The number of allylic oxidation sites excluding steroid dienone is 3. The Morgan fingerprint density at radius 2 is 2.32 bits per heavy atom. The maximum Gasteiger partial charge on any atom is 0.0519 e. The van der Waals surface area contributed by atoms with Gasteiger partial charge in [0, 0.05) is 23.9 Å². The van der Waals surface area contributed by atoms with Crippen molar-refractivity contribution in [1.29, 1.82) is 0 Å². The summed E-state index contributed by atoms with van der Waals surface area (Å²) in [5.74, 6) is 0. The molecule has 2 N–H and O–H groups in total. The third-order valence-electron chi connectivity index (χ3n) is 4.24. The lowest BCUT2D eigenvalue weighted by Gasteiger charge is -2.43. The van der Waals surface area contributed by atoms with Crippen LogP contribution in [0, 0.1) is 12.3 Å². The first-order valence-corrected chi connectivity index (χ1v) is 6.81. The summed E-state index contributed by atoms with van der Waals surface area (Å²) in [5, 5.41) is 10.3. The van der Waals surface area contributed by atoms with Gasteiger partial charge in [-0.1, -0.05) is 25.7 Å². The Labute approximate surface area is 115 Å². The fourth-order valence-electron chi connectivity index (χ4n) is 2.75. The quantitative estimate of drug-likeness (QED) is 0.768. The van der Waals surface area contributed by atoms with E-state index < -0.39 is 0 Å². The lowest BCUT2D eigenvalue weighted by atomic mass is 9.61. The van der Waals surface area contributed by atoms with E-state index in [-0.39, 0.29) is 5.41 Å². The summed E-state index contributed by atoms with van der Waals surface area (Å²) >= 11 is 0. The zero-order chi connectivity index (χ0) is 13.9. The fraction of sp³-hybridized carbons (Fsp3) is 0.438. The van der Waals surface area contributed by atoms with Gasteiger partial charge in [0.2, 0.25) is 0 Å². The molecule has 19 heavy (non-hydrogen) atoms. The molecule has 1 heterocycles. The largest absolute Gasteiger partial charge is 0.389 e. The Bertz CT molecular complexity index is 504. The van der Waals surface area contributed by atoms with E-state index in [2.05, 4.69) is 41.7 Å². The molecule has 0 saturated heterocycles. The number of likely N-dealkylation sites (N-methyl/N-ethyl adjacent to an activating group) is 1. The highest BCUT2D eigenvalue weighted by Crippen LogP contribution is 2.50. The van der Waals surface area contributed by atoms with Gasteiger partial charge in [0.05, 0.1) is 6.20 Å². The van der Waals surface area contributed by atoms with Crippen molar-refractivity contribution in [2.24, 2.45) is 5.41 Å². The maximum atomic E-state index is 4.13. The van der Waals surface area contributed by atoms with Gasteiger partial charge in [0.1, 0.15) is 0 Å². The first-order valence-electron chi connectivity index (χ1n) is 6.81. The molecule has 1 aliphatic carbocycles. The van der Waals surface area contributed by atoms with E-state index in [1.807, 2.05) is 19.3 Å². The predicted molar refractivity (Wildman–Crippen MR) is 79.8 cm³/mol. The first-order chi connectivity index (χ1) is 9.11. The fourth-order valence-corrected chi connectivity index (χ4v) is 2.75. The molecule has 0 atom stereocenters. The lowest BCUT2D eigenvalue weighted by Crippen LogP contribution is -2.34. The standard InChI is InChI=1S/C16H23N3/c1-5-14(9-13(3)17-4)16(7-6-8-16)10-15-12(2)11-18-19-15/h5,9,11,17H,1,3,6-8,10H2,2,4H3,(H,18,19)/b14-9+. The number of aromatic amines is 1. The van der Waals surface area contributed by atoms with Gasteiger partial charge in [0.25, 0.3) is 0 Å². The zero-order valence-corrected chi connectivity index (χ0v) is 11.9. The van der Waals surface area contributed by atoms with Gasteiger partial charge >= 0.3 is 0 Å². The van der Waals surface area contributed by atoms with Crippen LogP contribution in [0.25, 0.3) is 0 Å². The molecule has 0 spiro atoms. The molecule has 0 aromatic carbocycles. The van der Waals surface area contributed by atoms with Crippen LogP contribution in [-0.2, 0) is 6.42 Å². The average Bonchev–Trinajstić information content (AvgIpc) is 2.76. The van der Waals surface area contributed by atoms with Crippen molar-refractivity contribution in [3.8, 4) is 0 Å². The van der Waals surface area contributed by atoms with E-state index in [4.69, 9.17) is 0 Å². The van der Waals surface area contributed by atoms with E-state index in [1.165, 1.54) is 36.1 Å². The molecule has 3 nitrogen and oxygen atoms in total. The van der Waals surface area contributed by atoms with Gasteiger partial charge in [-0.05, 0) is 43.4 Å². The van der Waals surface area contributed by atoms with Crippen molar-refractivity contribution in [3.63, 3.8) is 0 Å². The number of rotatable bonds is 6. The molecule has 1 aliphatic rings. The van der Waals surface area contributed by atoms with E-state index in [9.17, 15) is 0 Å². The molecule has 0 unspecified atom stereocenters. The summed E-state index contributed by atoms with van der Waals surface area (Å²) in [6, 6.07) is 0. The molecule has 0 bridgehead atoms. The summed E-state index contributed by atoms with van der Waals surface area (Å²) in [6.45, 7) is 10.1. The van der Waals surface area contributed by atoms with Gasteiger partial charge in [0.15, 0.2) is 0 Å². The molecule has 0 aliphatic heterocycles. The van der Waals surface area contributed by atoms with Crippen LogP contribution in [0.15, 0.2) is 42.8 Å². The minimum atomic E-state index is 0.207. The summed E-state index contributed by atoms with van der Waals surface area (Å²) < 4.78 is 0. The molecule has 0 amide bonds. The summed E-state index contributed by atoms with van der Waals surface area (Å²) in [5.41, 5.74) is 4.90. The smallest absolute Gasteiger partial charge is 0.0519 e. The average molecular weight is 257 g/mol. The molecule has 0 radical (unpaired) electrons. The van der Waals surface area contributed by atoms with Crippen LogP contribution >= 0.6 is 0 Å². The Hall–Kier alpha value is -1.77. The molecule has 2 rings (SSSR count). The van der Waals surface area contributed by atoms with Crippen LogP contribution in [0.3, 0.4) is 0 Å². The molecular weight excluding hydrogens is 234 g/mol. The van der Waals surface area contributed by atoms with E-state index in [0.29, 0.717) is 0 Å². The van der Waals surface area contributed by atoms with Crippen LogP contribution < -0.4 is 5.32 Å². The Balaban J connectivity index is 2.26. The van der Waals surface area contributed by atoms with E-state index in [1.54, 1.807) is 0 Å². The molecule has 1 aromatic heterocycles. The second-order valence-electron chi connectivity index (χ2n) is 5.42. The predicted octanol–water partition coefficient (Wildman–Crippen LogP) is 3.28. The highest BCUT2D eigenvalue weighted by molar-refractivity contribution is 5.36. The van der Waals surface area contributed by atoms with E-state index >= 15 is 0 Å². The van der Waals surface area contributed by atoms with Gasteiger partial charge in [-0.2, -0.15) is 5.10 Å². The van der Waals surface area contributed by atoms with Crippen molar-refractivity contribution in [2.45, 2.75) is 32.6 Å². The summed E-state index contributed by atoms with van der Waals surface area (Å²) in [4.78, 5) is 0. The SMILES string of the molecule is C=C/C(=C\C(=C)NC)C1(Cc2[nH]ncc2C)CCC1. The van der Waals surface area contributed by atoms with Gasteiger partial charge in [-0.15, -0.1) is 0 Å². The van der Waals surface area contributed by atoms with Crippen molar-refractivity contribution in [2.75, 3.05) is 7.05 Å². The minimum Gasteiger partial charge on any atom is -0.389 e. The highest BCUT2D eigenvalue weighted by Gasteiger charge is 2.40. The second-order valence-corrected chi connectivity index (χ2v) is 5.42. The molecule has 102 valence electrons. The van der Waals surface area contributed by atoms with Gasteiger partial charge in [-0.3, -0.25) is 5.10 Å². The van der Waals surface area contributed by atoms with Crippen molar-refractivity contribution < 1.29 is 0 Å². The third kappa shape index (κ3) is 2.65. The lowest BCUT2D eigenvalue weighted by molar-refractivity contribution is 0.188. The van der Waals surface area contributed by atoms with Crippen molar-refractivity contribution in [1.82, 2.24) is 15.5 Å². The van der Waals surface area contributed by atoms with Gasteiger partial charge in [-0.25, -0.2) is 0 Å². The highest BCUT2D eigenvalue weighted by atomic mass is 15.1. The second kappa shape index (κ2) is 5.47. The van der Waals surface area contributed by atoms with Crippen LogP contribution in [0.4, 0.5) is 0 Å². The number of aromatic nitrogens is 2. The summed E-state index contributed by atoms with van der Waals surface area (Å²) in [7, 11) is 1.89. The first kappa shape index (κ1) is 13.7. The topological polar surface area (TPSA) is 40.7 Å². The Morgan fingerprint density at radius 1 is 1.58 bits per heavy atom. The normalized spacial score (nSPS) is 17.7. The number of nitrogens with zero attached hydrogens (tertiary/aromatic N) is 1. The van der Waals surface area contributed by atoms with Crippen LogP contribution in [-0.4, -0.2) is 17.2 Å². The molecule has 1 saturated carbocycles. The van der Waals surface area contributed by atoms with Crippen molar-refractivity contribution in [3.05, 3.63) is 54.0 Å². The Kier molecular flexibility index (Phi) is 3.93. The minimum absolute atomic E-state index is 0.207. The van der Waals surface area contributed by atoms with Crippen LogP contribution in [0.5, 0.6) is 0 Å². The zero-order valence-electron chi connectivity index (χ0n) is 11.9. The number of H-pyrrole nitrogens is 1. The van der Waals surface area contributed by atoms with Crippen LogP contribution in [0.1, 0.15) is 30.5 Å². The van der Waals surface area contributed by atoms with E-state index in [0.717, 1.165) is 12.1 Å². The van der Waals surface area contributed by atoms with Crippen molar-refractivity contribution >= 4 is 0 Å². The maximum absolute atomic E-state index is 4.13.